The number of hydrogen-bond acceptors (Lipinski definition) is 2. The first kappa shape index (κ1) is 13.9. The van der Waals surface area contributed by atoms with E-state index < -0.39 is 12.6 Å². The molecule has 0 saturated heterocycles. The van der Waals surface area contributed by atoms with Crippen molar-refractivity contribution in [3.63, 3.8) is 0 Å². The maximum Gasteiger partial charge on any atom is 0.389 e. The van der Waals surface area contributed by atoms with E-state index in [1.807, 2.05) is 17.0 Å². The first-order chi connectivity index (χ1) is 8.97. The minimum Gasteiger partial charge on any atom is -0.371 e. The van der Waals surface area contributed by atoms with Crippen LogP contribution in [0.3, 0.4) is 0 Å². The number of halogens is 3. The first-order valence-electron chi connectivity index (χ1n) is 6.41. The quantitative estimate of drug-likeness (QED) is 0.833. The van der Waals surface area contributed by atoms with E-state index in [1.165, 1.54) is 0 Å². The molecule has 104 valence electrons. The Morgan fingerprint density at radius 1 is 1.21 bits per heavy atom. The summed E-state index contributed by atoms with van der Waals surface area (Å²) in [6, 6.07) is 7.16. The highest BCUT2D eigenvalue weighted by atomic mass is 19.4. The van der Waals surface area contributed by atoms with Crippen LogP contribution in [0.15, 0.2) is 24.3 Å². The van der Waals surface area contributed by atoms with Crippen molar-refractivity contribution in [3.05, 3.63) is 29.8 Å². The van der Waals surface area contributed by atoms with Gasteiger partial charge in [0, 0.05) is 37.2 Å². The van der Waals surface area contributed by atoms with E-state index in [9.17, 15) is 18.0 Å². The summed E-state index contributed by atoms with van der Waals surface area (Å²) >= 11 is 0. The number of carbonyl (C=O) groups is 1. The Kier molecular flexibility index (Phi) is 4.12. The van der Waals surface area contributed by atoms with Crippen LogP contribution in [0.25, 0.3) is 0 Å². The number of benzene rings is 1. The van der Waals surface area contributed by atoms with Gasteiger partial charge in [-0.2, -0.15) is 13.2 Å². The Labute approximate surface area is 110 Å². The molecule has 19 heavy (non-hydrogen) atoms. The minimum absolute atomic E-state index is 0.0615. The van der Waals surface area contributed by atoms with Crippen molar-refractivity contribution in [2.45, 2.75) is 31.9 Å². The molecule has 0 spiro atoms. The lowest BCUT2D eigenvalue weighted by atomic mass is 10.1. The fourth-order valence-corrected chi connectivity index (χ4v) is 2.37. The molecule has 0 fully saturated rings. The molecule has 1 aliphatic rings. The summed E-state index contributed by atoms with van der Waals surface area (Å²) in [5.41, 5.74) is 1.40. The van der Waals surface area contributed by atoms with Gasteiger partial charge in [-0.25, -0.2) is 0 Å². The molecule has 0 unspecified atom stereocenters. The van der Waals surface area contributed by atoms with Crippen LogP contribution in [0.5, 0.6) is 0 Å². The van der Waals surface area contributed by atoms with Crippen molar-refractivity contribution < 1.29 is 18.0 Å². The van der Waals surface area contributed by atoms with Crippen molar-refractivity contribution in [2.24, 2.45) is 0 Å². The molecule has 0 atom stereocenters. The Morgan fingerprint density at radius 2 is 1.95 bits per heavy atom. The fraction of sp³-hybridized carbons (Fsp3) is 0.500. The second-order valence-corrected chi connectivity index (χ2v) is 4.75. The summed E-state index contributed by atoms with van der Waals surface area (Å²) in [6.07, 6.45) is -3.67. The van der Waals surface area contributed by atoms with Crippen molar-refractivity contribution >= 4 is 11.5 Å². The predicted octanol–water partition coefficient (Wildman–Crippen LogP) is 3.81. The number of alkyl halides is 3. The van der Waals surface area contributed by atoms with E-state index in [0.717, 1.165) is 5.69 Å². The monoisotopic (exact) mass is 271 g/mol. The second kappa shape index (κ2) is 5.63. The highest BCUT2D eigenvalue weighted by Crippen LogP contribution is 2.27. The molecule has 0 bridgehead atoms. The maximum atomic E-state index is 12.2. The number of hydrogen-bond donors (Lipinski definition) is 0. The van der Waals surface area contributed by atoms with E-state index in [2.05, 4.69) is 0 Å². The third kappa shape index (κ3) is 3.72. The zero-order valence-electron chi connectivity index (χ0n) is 10.5. The Balaban J connectivity index is 2.08. The molecule has 1 aromatic carbocycles. The van der Waals surface area contributed by atoms with E-state index in [-0.39, 0.29) is 12.2 Å². The smallest absolute Gasteiger partial charge is 0.371 e. The highest BCUT2D eigenvalue weighted by Gasteiger charge is 2.27. The van der Waals surface area contributed by atoms with Gasteiger partial charge in [0.15, 0.2) is 5.78 Å². The molecule has 2 nitrogen and oxygen atoms in total. The molecule has 0 N–H and O–H groups in total. The molecule has 1 aromatic rings. The van der Waals surface area contributed by atoms with Crippen LogP contribution in [0.2, 0.25) is 0 Å². The number of rotatable bonds is 3. The molecule has 0 radical (unpaired) electrons. The first-order valence-corrected chi connectivity index (χ1v) is 6.41. The number of carbonyl (C=O) groups excluding carboxylic acids is 1. The number of Topliss-reactive ketones (excluding diaryl/α,β-unsaturated/α-hetero) is 1. The standard InChI is InChI=1S/C14H16F3NO/c15-14(16,17)8-4-10-18-9-3-7-13(19)11-5-1-2-6-12(11)18/h1-2,5-6H,3-4,7-10H2. The number of fused-ring (bicyclic) bond motifs is 1. The topological polar surface area (TPSA) is 20.3 Å². The Bertz CT molecular complexity index is 456. The largest absolute Gasteiger partial charge is 0.389 e. The van der Waals surface area contributed by atoms with Gasteiger partial charge < -0.3 is 4.90 Å². The summed E-state index contributed by atoms with van der Waals surface area (Å²) in [7, 11) is 0. The average molecular weight is 271 g/mol. The van der Waals surface area contributed by atoms with Gasteiger partial charge in [-0.3, -0.25) is 4.79 Å². The molecule has 5 heteroatoms. The zero-order valence-corrected chi connectivity index (χ0v) is 10.5. The van der Waals surface area contributed by atoms with E-state index in [4.69, 9.17) is 0 Å². The number of para-hydroxylation sites is 1. The highest BCUT2D eigenvalue weighted by molar-refractivity contribution is 6.01. The lowest BCUT2D eigenvalue weighted by Gasteiger charge is -2.24. The molecule has 0 aliphatic carbocycles. The molecule has 0 amide bonds. The van der Waals surface area contributed by atoms with Crippen LogP contribution in [0.4, 0.5) is 18.9 Å². The average Bonchev–Trinajstić information content (AvgIpc) is 2.49. The van der Waals surface area contributed by atoms with Gasteiger partial charge in [-0.1, -0.05) is 12.1 Å². The third-order valence-electron chi connectivity index (χ3n) is 3.27. The van der Waals surface area contributed by atoms with E-state index in [1.54, 1.807) is 12.1 Å². The lowest BCUT2D eigenvalue weighted by molar-refractivity contribution is -0.135. The van der Waals surface area contributed by atoms with Gasteiger partial charge in [-0.15, -0.1) is 0 Å². The fourth-order valence-electron chi connectivity index (χ4n) is 2.37. The normalized spacial score (nSPS) is 16.2. The maximum absolute atomic E-state index is 12.2. The Morgan fingerprint density at radius 3 is 2.68 bits per heavy atom. The second-order valence-electron chi connectivity index (χ2n) is 4.75. The molecule has 1 heterocycles. The van der Waals surface area contributed by atoms with Crippen LogP contribution >= 0.6 is 0 Å². The van der Waals surface area contributed by atoms with Crippen LogP contribution in [0, 0.1) is 0 Å². The van der Waals surface area contributed by atoms with Gasteiger partial charge in [0.2, 0.25) is 0 Å². The van der Waals surface area contributed by atoms with E-state index in [0.29, 0.717) is 31.5 Å². The molecule has 0 aromatic heterocycles. The van der Waals surface area contributed by atoms with Crippen molar-refractivity contribution in [1.82, 2.24) is 0 Å². The summed E-state index contributed by atoms with van der Waals surface area (Å²) in [6.45, 7) is 0.977. The number of anilines is 1. The lowest BCUT2D eigenvalue weighted by Crippen LogP contribution is -2.26. The molecule has 2 rings (SSSR count). The third-order valence-corrected chi connectivity index (χ3v) is 3.27. The Hall–Kier alpha value is -1.52. The van der Waals surface area contributed by atoms with Crippen molar-refractivity contribution in [2.75, 3.05) is 18.0 Å². The van der Waals surface area contributed by atoms with Crippen molar-refractivity contribution in [3.8, 4) is 0 Å². The predicted molar refractivity (Wildman–Crippen MR) is 67.5 cm³/mol. The van der Waals surface area contributed by atoms with Crippen molar-refractivity contribution in [1.29, 1.82) is 0 Å². The van der Waals surface area contributed by atoms with Crippen LogP contribution < -0.4 is 4.90 Å². The number of ketones is 1. The van der Waals surface area contributed by atoms with Gasteiger partial charge in [0.25, 0.3) is 0 Å². The SMILES string of the molecule is O=C1CCCN(CCCC(F)(F)F)c2ccccc21. The van der Waals surface area contributed by atoms with Crippen LogP contribution in [0.1, 0.15) is 36.0 Å². The zero-order chi connectivity index (χ0) is 13.9. The molecule has 1 aliphatic heterocycles. The van der Waals surface area contributed by atoms with Gasteiger partial charge in [0.05, 0.1) is 0 Å². The molecular weight excluding hydrogens is 255 g/mol. The summed E-state index contributed by atoms with van der Waals surface area (Å²) in [5.74, 6) is 0.0777. The number of nitrogens with zero attached hydrogens (tertiary/aromatic N) is 1. The van der Waals surface area contributed by atoms with Gasteiger partial charge >= 0.3 is 6.18 Å². The van der Waals surface area contributed by atoms with E-state index >= 15 is 0 Å². The summed E-state index contributed by atoms with van der Waals surface area (Å²) < 4.78 is 36.5. The van der Waals surface area contributed by atoms with Crippen LogP contribution in [-0.4, -0.2) is 25.0 Å². The van der Waals surface area contributed by atoms with Gasteiger partial charge in [0.1, 0.15) is 0 Å². The molecular formula is C14H16F3NO. The van der Waals surface area contributed by atoms with Crippen LogP contribution in [-0.2, 0) is 0 Å². The molecule has 0 saturated carbocycles. The summed E-state index contributed by atoms with van der Waals surface area (Å²) in [5, 5.41) is 0. The summed E-state index contributed by atoms with van der Waals surface area (Å²) in [4.78, 5) is 13.8. The minimum atomic E-state index is -4.11. The van der Waals surface area contributed by atoms with Gasteiger partial charge in [-0.05, 0) is 25.0 Å².